The number of nitrogens with one attached hydrogen (secondary N) is 1. The van der Waals surface area contributed by atoms with E-state index in [9.17, 15) is 14.0 Å². The van der Waals surface area contributed by atoms with Gasteiger partial charge in [-0.2, -0.15) is 0 Å². The van der Waals surface area contributed by atoms with Crippen LogP contribution in [0.4, 0.5) is 4.39 Å². The molecule has 5 heteroatoms. The van der Waals surface area contributed by atoms with Gasteiger partial charge in [-0.3, -0.25) is 9.59 Å². The molecule has 0 radical (unpaired) electrons. The quantitative estimate of drug-likeness (QED) is 0.798. The van der Waals surface area contributed by atoms with Crippen molar-refractivity contribution in [3.63, 3.8) is 0 Å². The lowest BCUT2D eigenvalue weighted by Crippen LogP contribution is -2.29. The Morgan fingerprint density at radius 3 is 2.47 bits per heavy atom. The number of carboxylic acids is 1. The van der Waals surface area contributed by atoms with Crippen LogP contribution in [-0.4, -0.2) is 17.0 Å². The number of carbonyl (C=O) groups is 2. The Labute approximate surface area is 111 Å². The zero-order valence-electron chi connectivity index (χ0n) is 10.9. The first-order valence-corrected chi connectivity index (χ1v) is 6.29. The first-order valence-electron chi connectivity index (χ1n) is 6.29. The molecule has 0 aliphatic heterocycles. The monoisotopic (exact) mass is 267 g/mol. The third-order valence-corrected chi connectivity index (χ3v) is 2.74. The minimum Gasteiger partial charge on any atom is -0.481 e. The van der Waals surface area contributed by atoms with Gasteiger partial charge in [0.05, 0.1) is 12.5 Å². The summed E-state index contributed by atoms with van der Waals surface area (Å²) < 4.78 is 12.8. The fraction of sp³-hybridized carbons (Fsp3) is 0.429. The number of hydrogen-bond acceptors (Lipinski definition) is 2. The predicted molar refractivity (Wildman–Crippen MR) is 69.1 cm³/mol. The smallest absolute Gasteiger partial charge is 0.305 e. The molecular weight excluding hydrogens is 249 g/mol. The molecule has 0 aliphatic rings. The average molecular weight is 267 g/mol. The highest BCUT2D eigenvalue weighted by molar-refractivity contribution is 5.77. The van der Waals surface area contributed by atoms with E-state index in [4.69, 9.17) is 5.11 Å². The van der Waals surface area contributed by atoms with Gasteiger partial charge in [-0.05, 0) is 24.1 Å². The maximum atomic E-state index is 12.8. The standard InChI is InChI=1S/C14H18FNO3/c1-2-3-4-13(17)16-12(9-14(18)19)10-5-7-11(15)8-6-10/h5-8,12H,2-4,9H2,1H3,(H,16,17)(H,18,19)/t12-/m1/s1. The number of hydrogen-bond donors (Lipinski definition) is 2. The van der Waals surface area contributed by atoms with Crippen LogP contribution in [0.1, 0.15) is 44.2 Å². The molecule has 1 aromatic rings. The molecule has 1 atom stereocenters. The molecule has 104 valence electrons. The van der Waals surface area contributed by atoms with Gasteiger partial charge in [0.25, 0.3) is 0 Å². The number of halogens is 1. The summed E-state index contributed by atoms with van der Waals surface area (Å²) in [5.41, 5.74) is 0.591. The molecule has 4 nitrogen and oxygen atoms in total. The number of rotatable bonds is 7. The number of aliphatic carboxylic acids is 1. The molecular formula is C14H18FNO3. The summed E-state index contributed by atoms with van der Waals surface area (Å²) >= 11 is 0. The zero-order valence-corrected chi connectivity index (χ0v) is 10.9. The fourth-order valence-corrected chi connectivity index (χ4v) is 1.73. The highest BCUT2D eigenvalue weighted by Crippen LogP contribution is 2.17. The van der Waals surface area contributed by atoms with Crippen molar-refractivity contribution in [2.24, 2.45) is 0 Å². The van der Waals surface area contributed by atoms with Crippen LogP contribution in [0, 0.1) is 5.82 Å². The molecule has 2 N–H and O–H groups in total. The molecule has 1 rings (SSSR count). The number of carboxylic acid groups (broad SMARTS) is 1. The van der Waals surface area contributed by atoms with Crippen LogP contribution in [0.5, 0.6) is 0 Å². The van der Waals surface area contributed by atoms with Crippen molar-refractivity contribution in [2.45, 2.75) is 38.6 Å². The van der Waals surface area contributed by atoms with Gasteiger partial charge >= 0.3 is 5.97 Å². The van der Waals surface area contributed by atoms with Crippen LogP contribution in [0.15, 0.2) is 24.3 Å². The van der Waals surface area contributed by atoms with Gasteiger partial charge in [-0.15, -0.1) is 0 Å². The van der Waals surface area contributed by atoms with Gasteiger partial charge in [-0.1, -0.05) is 25.5 Å². The van der Waals surface area contributed by atoms with Crippen molar-refractivity contribution in [2.75, 3.05) is 0 Å². The van der Waals surface area contributed by atoms with Crippen molar-refractivity contribution in [3.8, 4) is 0 Å². The summed E-state index contributed by atoms with van der Waals surface area (Å²) in [6.07, 6.45) is 1.81. The number of benzene rings is 1. The molecule has 1 amide bonds. The zero-order chi connectivity index (χ0) is 14.3. The molecule has 0 bridgehead atoms. The minimum atomic E-state index is -1.01. The lowest BCUT2D eigenvalue weighted by atomic mass is 10.0. The van der Waals surface area contributed by atoms with Crippen molar-refractivity contribution < 1.29 is 19.1 Å². The number of amides is 1. The summed E-state index contributed by atoms with van der Waals surface area (Å²) in [7, 11) is 0. The van der Waals surface area contributed by atoms with E-state index in [1.165, 1.54) is 24.3 Å². The average Bonchev–Trinajstić information content (AvgIpc) is 2.36. The second-order valence-corrected chi connectivity index (χ2v) is 4.37. The summed E-state index contributed by atoms with van der Waals surface area (Å²) in [5, 5.41) is 11.5. The van der Waals surface area contributed by atoms with Gasteiger partial charge in [0.15, 0.2) is 0 Å². The van der Waals surface area contributed by atoms with E-state index in [-0.39, 0.29) is 12.3 Å². The van der Waals surface area contributed by atoms with Crippen molar-refractivity contribution >= 4 is 11.9 Å². The van der Waals surface area contributed by atoms with E-state index in [0.29, 0.717) is 12.0 Å². The topological polar surface area (TPSA) is 66.4 Å². The van der Waals surface area contributed by atoms with Crippen molar-refractivity contribution in [1.82, 2.24) is 5.32 Å². The highest BCUT2D eigenvalue weighted by Gasteiger charge is 2.17. The van der Waals surface area contributed by atoms with Crippen LogP contribution in [-0.2, 0) is 9.59 Å². The fourth-order valence-electron chi connectivity index (χ4n) is 1.73. The van der Waals surface area contributed by atoms with Crippen LogP contribution in [0.25, 0.3) is 0 Å². The normalized spacial score (nSPS) is 11.9. The summed E-state index contributed by atoms with van der Waals surface area (Å²) in [5.74, 6) is -1.59. The number of carbonyl (C=O) groups excluding carboxylic acids is 1. The Hall–Kier alpha value is -1.91. The summed E-state index contributed by atoms with van der Waals surface area (Å²) in [4.78, 5) is 22.5. The maximum absolute atomic E-state index is 12.8. The Kier molecular flexibility index (Phi) is 5.99. The van der Waals surface area contributed by atoms with Crippen LogP contribution in [0.3, 0.4) is 0 Å². The van der Waals surface area contributed by atoms with Crippen molar-refractivity contribution in [3.05, 3.63) is 35.6 Å². The molecule has 0 saturated heterocycles. The predicted octanol–water partition coefficient (Wildman–Crippen LogP) is 2.65. The second kappa shape index (κ2) is 7.51. The highest BCUT2D eigenvalue weighted by atomic mass is 19.1. The Balaban J connectivity index is 2.74. The Morgan fingerprint density at radius 1 is 1.32 bits per heavy atom. The first-order chi connectivity index (χ1) is 9.02. The molecule has 0 spiro atoms. The van der Waals surface area contributed by atoms with E-state index < -0.39 is 17.8 Å². The van der Waals surface area contributed by atoms with Crippen LogP contribution in [0.2, 0.25) is 0 Å². The Morgan fingerprint density at radius 2 is 1.95 bits per heavy atom. The van der Waals surface area contributed by atoms with E-state index >= 15 is 0 Å². The third kappa shape index (κ3) is 5.50. The first kappa shape index (κ1) is 15.1. The molecule has 0 fully saturated rings. The molecule has 0 aliphatic carbocycles. The molecule has 0 unspecified atom stereocenters. The minimum absolute atomic E-state index is 0.183. The van der Waals surface area contributed by atoms with Crippen molar-refractivity contribution in [1.29, 1.82) is 0 Å². The lowest BCUT2D eigenvalue weighted by molar-refractivity contribution is -0.137. The lowest BCUT2D eigenvalue weighted by Gasteiger charge is -2.17. The summed E-state index contributed by atoms with van der Waals surface area (Å²) in [6.45, 7) is 1.97. The van der Waals surface area contributed by atoms with E-state index in [2.05, 4.69) is 5.32 Å². The van der Waals surface area contributed by atoms with Crippen LogP contribution >= 0.6 is 0 Å². The largest absolute Gasteiger partial charge is 0.481 e. The third-order valence-electron chi connectivity index (χ3n) is 2.74. The van der Waals surface area contributed by atoms with E-state index in [0.717, 1.165) is 12.8 Å². The van der Waals surface area contributed by atoms with Gasteiger partial charge in [0.2, 0.25) is 5.91 Å². The maximum Gasteiger partial charge on any atom is 0.305 e. The molecule has 0 saturated carbocycles. The van der Waals surface area contributed by atoms with E-state index in [1.807, 2.05) is 6.92 Å². The van der Waals surface area contributed by atoms with Gasteiger partial charge in [0.1, 0.15) is 5.82 Å². The molecule has 0 aromatic heterocycles. The summed E-state index contributed by atoms with van der Waals surface area (Å²) in [6, 6.07) is 4.86. The van der Waals surface area contributed by atoms with Gasteiger partial charge in [0, 0.05) is 6.42 Å². The van der Waals surface area contributed by atoms with Crippen LogP contribution < -0.4 is 5.32 Å². The number of unbranched alkanes of at least 4 members (excludes halogenated alkanes) is 1. The van der Waals surface area contributed by atoms with Gasteiger partial charge in [-0.25, -0.2) is 4.39 Å². The second-order valence-electron chi connectivity index (χ2n) is 4.37. The SMILES string of the molecule is CCCCC(=O)N[C@H](CC(=O)O)c1ccc(F)cc1. The van der Waals surface area contributed by atoms with E-state index in [1.54, 1.807) is 0 Å². The van der Waals surface area contributed by atoms with Gasteiger partial charge < -0.3 is 10.4 Å². The molecule has 1 aromatic carbocycles. The Bertz CT molecular complexity index is 431. The molecule has 19 heavy (non-hydrogen) atoms. The molecule has 0 heterocycles.